The van der Waals surface area contributed by atoms with Gasteiger partial charge in [0.15, 0.2) is 0 Å². The molecule has 194 valence electrons. The zero-order valence-corrected chi connectivity index (χ0v) is 21.1. The maximum atomic E-state index is 13.4. The highest BCUT2D eigenvalue weighted by atomic mass is 79.9. The molecule has 1 amide bonds. The average molecular weight is 578 g/mol. The van der Waals surface area contributed by atoms with Crippen LogP contribution in [0.2, 0.25) is 0 Å². The number of ether oxygens (including phenoxy) is 1. The van der Waals surface area contributed by atoms with E-state index in [0.717, 1.165) is 11.1 Å². The SMILES string of the molecule is C=C(C)c1cc(Br)c([C@@H]2CC[C@H]3[C@@H](c4cc(C(F)(F)F)cc(C(F)(F)F)c4)OC(=O)N23)nc1N(C)C. The fourth-order valence-electron chi connectivity index (χ4n) is 4.73. The molecule has 2 fully saturated rings. The third kappa shape index (κ3) is 4.67. The molecule has 0 saturated carbocycles. The van der Waals surface area contributed by atoms with Crippen molar-refractivity contribution in [3.8, 4) is 0 Å². The second kappa shape index (κ2) is 8.97. The quantitative estimate of drug-likeness (QED) is 0.356. The number of allylic oxidation sites excluding steroid dienone is 1. The number of aromatic nitrogens is 1. The second-order valence-electron chi connectivity index (χ2n) is 9.11. The van der Waals surface area contributed by atoms with Crippen LogP contribution in [0.15, 0.2) is 35.3 Å². The first-order valence-corrected chi connectivity index (χ1v) is 11.7. The highest BCUT2D eigenvalue weighted by Crippen LogP contribution is 2.50. The monoisotopic (exact) mass is 577 g/mol. The van der Waals surface area contributed by atoms with E-state index in [1.54, 1.807) is 19.0 Å². The van der Waals surface area contributed by atoms with Crippen LogP contribution >= 0.6 is 15.9 Å². The van der Waals surface area contributed by atoms with Crippen molar-refractivity contribution in [1.82, 2.24) is 9.88 Å². The summed E-state index contributed by atoms with van der Waals surface area (Å²) in [6.45, 7) is 5.79. The number of amides is 1. The van der Waals surface area contributed by atoms with Crippen LogP contribution in [0.4, 0.5) is 37.0 Å². The molecule has 4 rings (SSSR count). The van der Waals surface area contributed by atoms with Crippen LogP contribution in [0.5, 0.6) is 0 Å². The maximum absolute atomic E-state index is 13.4. The number of cyclic esters (lactones) is 1. The number of hydrogen-bond acceptors (Lipinski definition) is 4. The van der Waals surface area contributed by atoms with Gasteiger partial charge in [-0.15, -0.1) is 0 Å². The van der Waals surface area contributed by atoms with Crippen LogP contribution in [-0.4, -0.2) is 36.1 Å². The Balaban J connectivity index is 1.74. The molecule has 1 aromatic carbocycles. The molecule has 2 aliphatic rings. The summed E-state index contributed by atoms with van der Waals surface area (Å²) >= 11 is 3.50. The number of halogens is 7. The Bertz CT molecular complexity index is 1200. The van der Waals surface area contributed by atoms with Gasteiger partial charge < -0.3 is 9.64 Å². The molecule has 0 spiro atoms. The summed E-state index contributed by atoms with van der Waals surface area (Å²) in [6, 6.07) is 1.79. The Morgan fingerprint density at radius 3 is 2.17 bits per heavy atom. The number of rotatable bonds is 4. The van der Waals surface area contributed by atoms with Gasteiger partial charge in [-0.1, -0.05) is 6.58 Å². The van der Waals surface area contributed by atoms with Crippen molar-refractivity contribution < 1.29 is 35.9 Å². The largest absolute Gasteiger partial charge is 0.439 e. The van der Waals surface area contributed by atoms with Gasteiger partial charge in [0.25, 0.3) is 0 Å². The van der Waals surface area contributed by atoms with Crippen molar-refractivity contribution in [2.75, 3.05) is 19.0 Å². The zero-order valence-electron chi connectivity index (χ0n) is 19.5. The molecule has 2 saturated heterocycles. The van der Waals surface area contributed by atoms with Crippen molar-refractivity contribution in [1.29, 1.82) is 0 Å². The molecule has 0 aliphatic carbocycles. The Labute approximate surface area is 211 Å². The molecule has 5 nitrogen and oxygen atoms in total. The highest BCUT2D eigenvalue weighted by molar-refractivity contribution is 9.10. The smallest absolute Gasteiger partial charge is 0.416 e. The lowest BCUT2D eigenvalue weighted by Gasteiger charge is -2.25. The number of fused-ring (bicyclic) bond motifs is 1. The van der Waals surface area contributed by atoms with Crippen molar-refractivity contribution in [2.45, 2.75) is 50.3 Å². The summed E-state index contributed by atoms with van der Waals surface area (Å²) in [5.74, 6) is 0.612. The van der Waals surface area contributed by atoms with Gasteiger partial charge >= 0.3 is 18.4 Å². The van der Waals surface area contributed by atoms with Crippen LogP contribution in [-0.2, 0) is 17.1 Å². The van der Waals surface area contributed by atoms with E-state index in [4.69, 9.17) is 9.72 Å². The Morgan fingerprint density at radius 1 is 1.08 bits per heavy atom. The summed E-state index contributed by atoms with van der Waals surface area (Å²) in [6.07, 6.45) is -11.4. The first kappa shape index (κ1) is 26.3. The molecular weight excluding hydrogens is 556 g/mol. The van der Waals surface area contributed by atoms with E-state index in [9.17, 15) is 31.1 Å². The van der Waals surface area contributed by atoms with Gasteiger partial charge in [-0.3, -0.25) is 4.90 Å². The van der Waals surface area contributed by atoms with E-state index in [-0.39, 0.29) is 11.6 Å². The second-order valence-corrected chi connectivity index (χ2v) is 9.97. The first-order valence-electron chi connectivity index (χ1n) is 10.9. The maximum Gasteiger partial charge on any atom is 0.416 e. The molecule has 36 heavy (non-hydrogen) atoms. The fourth-order valence-corrected chi connectivity index (χ4v) is 5.31. The van der Waals surface area contributed by atoms with Gasteiger partial charge in [-0.05, 0) is 71.1 Å². The Morgan fingerprint density at radius 2 is 1.67 bits per heavy atom. The highest BCUT2D eigenvalue weighted by Gasteiger charge is 2.52. The number of carbonyl (C=O) groups excluding carboxylic acids is 1. The molecule has 12 heteroatoms. The zero-order chi connectivity index (χ0) is 26.7. The normalized spacial score (nSPS) is 22.0. The van der Waals surface area contributed by atoms with Gasteiger partial charge in [-0.2, -0.15) is 26.3 Å². The van der Waals surface area contributed by atoms with Gasteiger partial charge in [0, 0.05) is 24.1 Å². The van der Waals surface area contributed by atoms with Gasteiger partial charge in [0.1, 0.15) is 11.9 Å². The summed E-state index contributed by atoms with van der Waals surface area (Å²) < 4.78 is 86.2. The number of carbonyl (C=O) groups is 1. The molecule has 2 aromatic rings. The summed E-state index contributed by atoms with van der Waals surface area (Å²) in [7, 11) is 3.60. The minimum absolute atomic E-state index is 0.0580. The van der Waals surface area contributed by atoms with E-state index < -0.39 is 47.8 Å². The van der Waals surface area contributed by atoms with E-state index >= 15 is 0 Å². The Hall–Kier alpha value is -2.76. The van der Waals surface area contributed by atoms with Crippen LogP contribution in [0, 0.1) is 0 Å². The van der Waals surface area contributed by atoms with Crippen molar-refractivity contribution in [3.63, 3.8) is 0 Å². The molecule has 0 unspecified atom stereocenters. The minimum Gasteiger partial charge on any atom is -0.439 e. The molecule has 3 heterocycles. The van der Waals surface area contributed by atoms with Crippen LogP contribution in [0.3, 0.4) is 0 Å². The minimum atomic E-state index is -5.00. The van der Waals surface area contributed by atoms with E-state index in [2.05, 4.69) is 22.5 Å². The predicted molar refractivity (Wildman–Crippen MR) is 124 cm³/mol. The molecule has 1 aromatic heterocycles. The van der Waals surface area contributed by atoms with Crippen LogP contribution < -0.4 is 4.90 Å². The van der Waals surface area contributed by atoms with E-state index in [0.29, 0.717) is 41.0 Å². The fraction of sp³-hybridized carbons (Fsp3) is 0.417. The molecule has 2 aliphatic heterocycles. The van der Waals surface area contributed by atoms with Crippen LogP contribution in [0.25, 0.3) is 5.57 Å². The summed E-state index contributed by atoms with van der Waals surface area (Å²) in [5, 5.41) is 0. The van der Waals surface area contributed by atoms with E-state index in [1.165, 1.54) is 4.90 Å². The van der Waals surface area contributed by atoms with Crippen molar-refractivity contribution in [2.24, 2.45) is 0 Å². The number of nitrogens with zero attached hydrogens (tertiary/aromatic N) is 3. The number of pyridine rings is 1. The van der Waals surface area contributed by atoms with Crippen LogP contribution in [0.1, 0.15) is 59.9 Å². The lowest BCUT2D eigenvalue weighted by Crippen LogP contribution is -2.31. The molecule has 0 bridgehead atoms. The summed E-state index contributed by atoms with van der Waals surface area (Å²) in [4.78, 5) is 20.8. The van der Waals surface area contributed by atoms with Gasteiger partial charge in [-0.25, -0.2) is 9.78 Å². The number of anilines is 1. The first-order chi connectivity index (χ1) is 16.6. The lowest BCUT2D eigenvalue weighted by molar-refractivity contribution is -0.143. The Kier molecular flexibility index (Phi) is 6.55. The summed E-state index contributed by atoms with van der Waals surface area (Å²) in [5.41, 5.74) is -1.18. The topological polar surface area (TPSA) is 45.7 Å². The number of hydrogen-bond donors (Lipinski definition) is 0. The van der Waals surface area contributed by atoms with Gasteiger partial charge in [0.05, 0.1) is 28.9 Å². The third-order valence-electron chi connectivity index (χ3n) is 6.34. The van der Waals surface area contributed by atoms with Crippen molar-refractivity contribution in [3.05, 3.63) is 63.3 Å². The predicted octanol–water partition coefficient (Wildman–Crippen LogP) is 7.38. The molecule has 3 atom stereocenters. The van der Waals surface area contributed by atoms with Crippen molar-refractivity contribution >= 4 is 33.4 Å². The molecular formula is C24H22BrF6N3O2. The number of benzene rings is 1. The molecule has 0 radical (unpaired) electrons. The van der Waals surface area contributed by atoms with Gasteiger partial charge in [0.2, 0.25) is 0 Å². The number of alkyl halides is 6. The lowest BCUT2D eigenvalue weighted by atomic mass is 9.96. The van der Waals surface area contributed by atoms with E-state index in [1.807, 2.05) is 13.0 Å². The average Bonchev–Trinajstić information content (AvgIpc) is 3.33. The molecule has 0 N–H and O–H groups in total. The third-order valence-corrected chi connectivity index (χ3v) is 6.97. The standard InChI is InChI=1S/C24H22BrF6N3O2/c1-11(2)15-10-16(25)19(32-21(15)33(3)4)17-5-6-18-20(36-22(35)34(17)18)12-7-13(23(26,27)28)9-14(8-12)24(29,30)31/h7-10,17-18,20H,1,5-6H2,2-4H3/t17-,18-,20+/m0/s1.